The number of carbonyl (C=O) groups excluding carboxylic acids is 1. The van der Waals surface area contributed by atoms with Crippen LogP contribution in [0.25, 0.3) is 0 Å². The lowest BCUT2D eigenvalue weighted by Crippen LogP contribution is -2.36. The molecule has 22 heavy (non-hydrogen) atoms. The molecule has 0 aliphatic carbocycles. The highest BCUT2D eigenvalue weighted by molar-refractivity contribution is 5.67. The van der Waals surface area contributed by atoms with Crippen molar-refractivity contribution in [3.05, 3.63) is 0 Å². The molecule has 1 aliphatic heterocycles. The summed E-state index contributed by atoms with van der Waals surface area (Å²) in [5, 5.41) is 0. The van der Waals surface area contributed by atoms with Crippen LogP contribution in [0.2, 0.25) is 0 Å². The first kappa shape index (κ1) is 19.3. The zero-order valence-corrected chi connectivity index (χ0v) is 14.9. The summed E-state index contributed by atoms with van der Waals surface area (Å²) in [6.07, 6.45) is 15.1. The van der Waals surface area contributed by atoms with E-state index in [4.69, 9.17) is 4.74 Å². The summed E-state index contributed by atoms with van der Waals surface area (Å²) in [5.74, 6) is 0.723. The predicted molar refractivity (Wildman–Crippen MR) is 93.2 cm³/mol. The number of piperidine rings is 1. The van der Waals surface area contributed by atoms with E-state index in [0.717, 1.165) is 38.3 Å². The second-order valence-corrected chi connectivity index (χ2v) is 6.78. The van der Waals surface area contributed by atoms with Crippen LogP contribution in [0.4, 0.5) is 4.79 Å². The van der Waals surface area contributed by atoms with Crippen LogP contribution in [0.5, 0.6) is 0 Å². The first-order valence-corrected chi connectivity index (χ1v) is 9.69. The molecular weight excluding hydrogens is 274 g/mol. The molecule has 1 amide bonds. The molecule has 0 aromatic heterocycles. The summed E-state index contributed by atoms with van der Waals surface area (Å²) in [6, 6.07) is 0. The summed E-state index contributed by atoms with van der Waals surface area (Å²) in [5.41, 5.74) is 0. The van der Waals surface area contributed by atoms with Crippen molar-refractivity contribution in [3.63, 3.8) is 0 Å². The number of likely N-dealkylation sites (tertiary alicyclic amines) is 1. The van der Waals surface area contributed by atoms with Gasteiger partial charge in [0.15, 0.2) is 0 Å². The second-order valence-electron chi connectivity index (χ2n) is 6.78. The van der Waals surface area contributed by atoms with Gasteiger partial charge in [-0.2, -0.15) is 0 Å². The molecule has 1 rings (SSSR count). The summed E-state index contributed by atoms with van der Waals surface area (Å²) in [6.45, 7) is 6.89. The van der Waals surface area contributed by atoms with Crippen molar-refractivity contribution in [1.82, 2.24) is 4.90 Å². The molecule has 3 nitrogen and oxygen atoms in total. The third-order valence-corrected chi connectivity index (χ3v) is 4.91. The number of amides is 1. The summed E-state index contributed by atoms with van der Waals surface area (Å²) in [7, 11) is 0. The molecule has 1 atom stereocenters. The molecule has 0 saturated carbocycles. The van der Waals surface area contributed by atoms with Gasteiger partial charge in [-0.25, -0.2) is 4.79 Å². The number of unbranched alkanes of at least 4 members (excludes halogenated alkanes) is 5. The van der Waals surface area contributed by atoms with Gasteiger partial charge in [0.05, 0.1) is 6.61 Å². The van der Waals surface area contributed by atoms with E-state index in [1.807, 2.05) is 4.90 Å². The fourth-order valence-electron chi connectivity index (χ4n) is 3.25. The number of carbonyl (C=O) groups is 1. The van der Waals surface area contributed by atoms with Gasteiger partial charge in [0.2, 0.25) is 0 Å². The van der Waals surface area contributed by atoms with Crippen molar-refractivity contribution in [2.24, 2.45) is 5.92 Å². The van der Waals surface area contributed by atoms with Crippen LogP contribution in [0.1, 0.15) is 90.9 Å². The van der Waals surface area contributed by atoms with Crippen molar-refractivity contribution in [2.45, 2.75) is 90.9 Å². The Morgan fingerprint density at radius 1 is 0.955 bits per heavy atom. The highest BCUT2D eigenvalue weighted by atomic mass is 16.6. The lowest BCUT2D eigenvalue weighted by molar-refractivity contribution is 0.0893. The largest absolute Gasteiger partial charge is 0.449 e. The monoisotopic (exact) mass is 311 g/mol. The van der Waals surface area contributed by atoms with Crippen molar-refractivity contribution in [1.29, 1.82) is 0 Å². The molecule has 0 N–H and O–H groups in total. The third kappa shape index (κ3) is 8.65. The molecule has 1 unspecified atom stereocenters. The minimum atomic E-state index is -0.0888. The highest BCUT2D eigenvalue weighted by Crippen LogP contribution is 2.19. The Kier molecular flexibility index (Phi) is 11.2. The van der Waals surface area contributed by atoms with E-state index >= 15 is 0 Å². The SMILES string of the molecule is CCCCCCCCC(CC)CCOC(=O)N1CCCCC1. The molecule has 1 heterocycles. The normalized spacial score (nSPS) is 16.5. The Morgan fingerprint density at radius 2 is 1.64 bits per heavy atom. The maximum absolute atomic E-state index is 11.9. The van der Waals surface area contributed by atoms with Gasteiger partial charge >= 0.3 is 6.09 Å². The Labute approximate surface area is 137 Å². The number of nitrogens with zero attached hydrogens (tertiary/aromatic N) is 1. The predicted octanol–water partition coefficient (Wildman–Crippen LogP) is 5.78. The van der Waals surface area contributed by atoms with Crippen LogP contribution in [0, 0.1) is 5.92 Å². The first-order chi connectivity index (χ1) is 10.8. The Balaban J connectivity index is 2.03. The first-order valence-electron chi connectivity index (χ1n) is 9.69. The maximum atomic E-state index is 11.9. The number of hydrogen-bond donors (Lipinski definition) is 0. The van der Waals surface area contributed by atoms with Crippen LogP contribution in [0.15, 0.2) is 0 Å². The van der Waals surface area contributed by atoms with Gasteiger partial charge in [-0.3, -0.25) is 0 Å². The van der Waals surface area contributed by atoms with Gasteiger partial charge in [-0.05, 0) is 31.6 Å². The average molecular weight is 312 g/mol. The van der Waals surface area contributed by atoms with Gasteiger partial charge in [-0.1, -0.05) is 65.2 Å². The van der Waals surface area contributed by atoms with E-state index in [2.05, 4.69) is 13.8 Å². The standard InChI is InChI=1S/C19H37NO2/c1-3-5-6-7-8-10-13-18(4-2)14-17-22-19(21)20-15-11-9-12-16-20/h18H,3-17H2,1-2H3. The molecule has 0 aromatic carbocycles. The number of rotatable bonds is 11. The average Bonchev–Trinajstić information content (AvgIpc) is 2.57. The van der Waals surface area contributed by atoms with Gasteiger partial charge in [0, 0.05) is 13.1 Å². The van der Waals surface area contributed by atoms with E-state index in [9.17, 15) is 4.79 Å². The minimum Gasteiger partial charge on any atom is -0.449 e. The van der Waals surface area contributed by atoms with E-state index in [1.165, 1.54) is 57.8 Å². The van der Waals surface area contributed by atoms with Crippen LogP contribution < -0.4 is 0 Å². The second kappa shape index (κ2) is 12.8. The molecule has 0 radical (unpaired) electrons. The van der Waals surface area contributed by atoms with Gasteiger partial charge in [0.1, 0.15) is 0 Å². The zero-order valence-electron chi connectivity index (χ0n) is 14.9. The van der Waals surface area contributed by atoms with Crippen LogP contribution in [-0.4, -0.2) is 30.7 Å². The van der Waals surface area contributed by atoms with Crippen molar-refractivity contribution < 1.29 is 9.53 Å². The molecular formula is C19H37NO2. The summed E-state index contributed by atoms with van der Waals surface area (Å²) < 4.78 is 5.46. The van der Waals surface area contributed by atoms with Gasteiger partial charge in [-0.15, -0.1) is 0 Å². The van der Waals surface area contributed by atoms with E-state index in [-0.39, 0.29) is 6.09 Å². The van der Waals surface area contributed by atoms with E-state index in [1.54, 1.807) is 0 Å². The highest BCUT2D eigenvalue weighted by Gasteiger charge is 2.17. The summed E-state index contributed by atoms with van der Waals surface area (Å²) >= 11 is 0. The number of ether oxygens (including phenoxy) is 1. The Hall–Kier alpha value is -0.730. The van der Waals surface area contributed by atoms with E-state index in [0.29, 0.717) is 6.61 Å². The molecule has 1 fully saturated rings. The van der Waals surface area contributed by atoms with Crippen LogP contribution in [0.3, 0.4) is 0 Å². The Bertz CT molecular complexity index is 275. The van der Waals surface area contributed by atoms with Crippen molar-refractivity contribution >= 4 is 6.09 Å². The molecule has 1 saturated heterocycles. The molecule has 0 aromatic rings. The molecule has 0 bridgehead atoms. The summed E-state index contributed by atoms with van der Waals surface area (Å²) in [4.78, 5) is 13.8. The Morgan fingerprint density at radius 3 is 2.32 bits per heavy atom. The lowest BCUT2D eigenvalue weighted by Gasteiger charge is -2.26. The van der Waals surface area contributed by atoms with Gasteiger partial charge < -0.3 is 9.64 Å². The molecule has 0 spiro atoms. The third-order valence-electron chi connectivity index (χ3n) is 4.91. The smallest absolute Gasteiger partial charge is 0.409 e. The lowest BCUT2D eigenvalue weighted by atomic mass is 9.95. The molecule has 130 valence electrons. The number of hydrogen-bond acceptors (Lipinski definition) is 2. The van der Waals surface area contributed by atoms with Crippen LogP contribution >= 0.6 is 0 Å². The maximum Gasteiger partial charge on any atom is 0.409 e. The van der Waals surface area contributed by atoms with Gasteiger partial charge in [0.25, 0.3) is 0 Å². The van der Waals surface area contributed by atoms with Crippen molar-refractivity contribution in [3.8, 4) is 0 Å². The molecule has 3 heteroatoms. The molecule has 1 aliphatic rings. The topological polar surface area (TPSA) is 29.5 Å². The minimum absolute atomic E-state index is 0.0888. The van der Waals surface area contributed by atoms with Crippen LogP contribution in [-0.2, 0) is 4.74 Å². The zero-order chi connectivity index (χ0) is 16.0. The fourth-order valence-corrected chi connectivity index (χ4v) is 3.25. The quantitative estimate of drug-likeness (QED) is 0.453. The fraction of sp³-hybridized carbons (Fsp3) is 0.947. The van der Waals surface area contributed by atoms with E-state index < -0.39 is 0 Å². The van der Waals surface area contributed by atoms with Crippen molar-refractivity contribution in [2.75, 3.05) is 19.7 Å².